The number of ether oxygens (including phenoxy) is 3. The third-order valence-electron chi connectivity index (χ3n) is 5.40. The second kappa shape index (κ2) is 17.4. The Morgan fingerprint density at radius 3 is 2.51 bits per heavy atom. The Morgan fingerprint density at radius 2 is 1.81 bits per heavy atom. The fourth-order valence-electron chi connectivity index (χ4n) is 3.36. The van der Waals surface area contributed by atoms with Crippen molar-refractivity contribution in [2.75, 3.05) is 44.4 Å². The van der Waals surface area contributed by atoms with Crippen LogP contribution in [0.1, 0.15) is 36.5 Å². The molecular weight excluding hydrogens is 520 g/mol. The number of carbonyl (C=O) groups excluding carboxylic acids is 4. The lowest BCUT2D eigenvalue weighted by molar-refractivity contribution is -0.123. The summed E-state index contributed by atoms with van der Waals surface area (Å²) in [4.78, 5) is 48.7. The highest BCUT2D eigenvalue weighted by molar-refractivity contribution is 8.76. The van der Waals surface area contributed by atoms with Crippen molar-refractivity contribution in [3.05, 3.63) is 29.8 Å². The number of amides is 1. The molecule has 1 aromatic carbocycles. The number of carbonyl (C=O) groups is 4. The van der Waals surface area contributed by atoms with Crippen LogP contribution in [0.4, 0.5) is 4.79 Å². The van der Waals surface area contributed by atoms with Gasteiger partial charge in [-0.25, -0.2) is 4.79 Å². The maximum atomic E-state index is 12.7. The maximum Gasteiger partial charge on any atom is 0.513 e. The number of Topliss-reactive ketones (excluding diaryl/α,β-unsaturated/α-hetero) is 2. The molecule has 6 N–H and O–H groups in total. The van der Waals surface area contributed by atoms with E-state index in [-0.39, 0.29) is 42.5 Å². The molecule has 0 aromatic heterocycles. The molecule has 1 aliphatic rings. The number of nitrogens with two attached hydrogens (primary N) is 2. The van der Waals surface area contributed by atoms with E-state index in [4.69, 9.17) is 25.7 Å². The Kier molecular flexibility index (Phi) is 14.6. The fraction of sp³-hybridized carbons (Fsp3) is 0.583. The molecule has 0 saturated carbocycles. The van der Waals surface area contributed by atoms with Crippen molar-refractivity contribution in [1.82, 2.24) is 10.6 Å². The van der Waals surface area contributed by atoms with Gasteiger partial charge in [-0.1, -0.05) is 21.6 Å². The number of benzene rings is 1. The van der Waals surface area contributed by atoms with Gasteiger partial charge in [0.25, 0.3) is 5.91 Å². The summed E-state index contributed by atoms with van der Waals surface area (Å²) in [5.74, 6) is 0.983. The van der Waals surface area contributed by atoms with E-state index in [0.717, 1.165) is 0 Å². The van der Waals surface area contributed by atoms with E-state index in [1.54, 1.807) is 22.9 Å². The highest BCUT2D eigenvalue weighted by atomic mass is 33.1. The summed E-state index contributed by atoms with van der Waals surface area (Å²) in [6, 6.07) is 4.63. The molecule has 37 heavy (non-hydrogen) atoms. The van der Waals surface area contributed by atoms with E-state index in [1.807, 2.05) is 0 Å². The number of unbranched alkanes of at least 4 members (excludes halogenated alkanes) is 1. The van der Waals surface area contributed by atoms with E-state index in [2.05, 4.69) is 10.6 Å². The maximum absolute atomic E-state index is 12.7. The third-order valence-corrected chi connectivity index (χ3v) is 7.85. The SMILES string of the molecule is CC(=O)C1CSSCC(N)C(=O)[C@H](CCCCNC(=O)c2ccc(OC(=O)OCCOCCN)cc2)N1. The predicted molar refractivity (Wildman–Crippen MR) is 144 cm³/mol. The van der Waals surface area contributed by atoms with Crippen molar-refractivity contribution in [1.29, 1.82) is 0 Å². The number of hydrogen-bond acceptors (Lipinski definition) is 12. The minimum Gasteiger partial charge on any atom is -0.432 e. The van der Waals surface area contributed by atoms with Crippen LogP contribution in [-0.2, 0) is 19.1 Å². The van der Waals surface area contributed by atoms with Crippen LogP contribution in [0.2, 0.25) is 0 Å². The topological polar surface area (TPSA) is 172 Å². The fourth-order valence-corrected chi connectivity index (χ4v) is 5.75. The van der Waals surface area contributed by atoms with Gasteiger partial charge in [-0.15, -0.1) is 0 Å². The Labute approximate surface area is 224 Å². The predicted octanol–water partition coefficient (Wildman–Crippen LogP) is 1.28. The molecule has 1 aromatic rings. The van der Waals surface area contributed by atoms with Crippen molar-refractivity contribution in [2.45, 2.75) is 44.3 Å². The van der Waals surface area contributed by atoms with Gasteiger partial charge in [-0.05, 0) is 50.5 Å². The molecule has 2 unspecified atom stereocenters. The molecule has 2 rings (SSSR count). The highest BCUT2D eigenvalue weighted by Gasteiger charge is 2.29. The summed E-state index contributed by atoms with van der Waals surface area (Å²) >= 11 is 0. The molecule has 1 aliphatic heterocycles. The van der Waals surface area contributed by atoms with Crippen molar-refractivity contribution >= 4 is 45.2 Å². The third kappa shape index (κ3) is 11.8. The van der Waals surface area contributed by atoms with Gasteiger partial charge in [0.2, 0.25) is 0 Å². The molecule has 13 heteroatoms. The molecule has 1 heterocycles. The average Bonchev–Trinajstić information content (AvgIpc) is 2.94. The summed E-state index contributed by atoms with van der Waals surface area (Å²) in [6.45, 7) is 2.98. The zero-order valence-electron chi connectivity index (χ0n) is 20.9. The van der Waals surface area contributed by atoms with Crippen molar-refractivity contribution < 1.29 is 33.4 Å². The number of ketones is 2. The molecule has 0 radical (unpaired) electrons. The lowest BCUT2D eigenvalue weighted by Gasteiger charge is -2.23. The van der Waals surface area contributed by atoms with Gasteiger partial charge in [0, 0.05) is 30.2 Å². The standard InChI is InChI=1S/C24H36N4O7S2/c1-16(29)21-15-37-36-14-19(26)22(30)20(28-21)4-2-3-10-27-23(31)17-5-7-18(8-6-17)35-24(32)34-13-12-33-11-9-25/h5-8,19-21,28H,2-4,9-15,25-26H2,1H3,(H,27,31)/t19?,20-,21?/m0/s1. The summed E-state index contributed by atoms with van der Waals surface area (Å²) in [7, 11) is 3.06. The molecule has 0 spiro atoms. The van der Waals surface area contributed by atoms with E-state index in [0.29, 0.717) is 56.0 Å². The van der Waals surface area contributed by atoms with Crippen LogP contribution in [0.15, 0.2) is 24.3 Å². The first-order valence-electron chi connectivity index (χ1n) is 12.1. The first-order chi connectivity index (χ1) is 17.8. The molecule has 1 fully saturated rings. The van der Waals surface area contributed by atoms with Crippen LogP contribution in [0.5, 0.6) is 5.75 Å². The molecule has 1 saturated heterocycles. The Bertz CT molecular complexity index is 888. The quantitative estimate of drug-likeness (QED) is 0.119. The average molecular weight is 557 g/mol. The highest BCUT2D eigenvalue weighted by Crippen LogP contribution is 2.25. The van der Waals surface area contributed by atoms with E-state index >= 15 is 0 Å². The van der Waals surface area contributed by atoms with Gasteiger partial charge in [0.1, 0.15) is 18.1 Å². The first kappa shape index (κ1) is 31.1. The number of rotatable bonds is 13. The normalized spacial score (nSPS) is 20.3. The Hall–Kier alpha value is -2.16. The van der Waals surface area contributed by atoms with E-state index in [9.17, 15) is 19.2 Å². The number of hydrogen-bond donors (Lipinski definition) is 4. The van der Waals surface area contributed by atoms with Gasteiger partial charge >= 0.3 is 6.16 Å². The van der Waals surface area contributed by atoms with Crippen molar-refractivity contribution in [2.24, 2.45) is 11.5 Å². The van der Waals surface area contributed by atoms with Crippen LogP contribution in [-0.4, -0.2) is 86.2 Å². The zero-order chi connectivity index (χ0) is 27.0. The van der Waals surface area contributed by atoms with Gasteiger partial charge < -0.3 is 31.0 Å². The molecular formula is C24H36N4O7S2. The minimum absolute atomic E-state index is 0.00475. The first-order valence-corrected chi connectivity index (χ1v) is 14.6. The van der Waals surface area contributed by atoms with Crippen LogP contribution >= 0.6 is 21.6 Å². The summed E-state index contributed by atoms with van der Waals surface area (Å²) in [5.41, 5.74) is 11.7. The molecule has 206 valence electrons. The minimum atomic E-state index is -0.866. The Balaban J connectivity index is 1.72. The van der Waals surface area contributed by atoms with Gasteiger partial charge in [-0.3, -0.25) is 19.7 Å². The van der Waals surface area contributed by atoms with E-state index in [1.165, 1.54) is 29.9 Å². The summed E-state index contributed by atoms with van der Waals surface area (Å²) in [5, 5.41) is 6.02. The summed E-state index contributed by atoms with van der Waals surface area (Å²) < 4.78 is 15.0. The largest absolute Gasteiger partial charge is 0.513 e. The second-order valence-electron chi connectivity index (χ2n) is 8.34. The summed E-state index contributed by atoms with van der Waals surface area (Å²) in [6.07, 6.45) is 0.994. The Morgan fingerprint density at radius 1 is 1.08 bits per heavy atom. The van der Waals surface area contributed by atoms with Crippen LogP contribution in [0.25, 0.3) is 0 Å². The molecule has 0 bridgehead atoms. The van der Waals surface area contributed by atoms with Crippen LogP contribution in [0, 0.1) is 0 Å². The second-order valence-corrected chi connectivity index (χ2v) is 10.9. The van der Waals surface area contributed by atoms with E-state index < -0.39 is 18.2 Å². The molecule has 0 aliphatic carbocycles. The lowest BCUT2D eigenvalue weighted by Crippen LogP contribution is -2.52. The number of nitrogens with one attached hydrogen (secondary N) is 2. The van der Waals surface area contributed by atoms with Gasteiger partial charge in [0.05, 0.1) is 31.3 Å². The molecule has 3 atom stereocenters. The van der Waals surface area contributed by atoms with Crippen LogP contribution in [0.3, 0.4) is 0 Å². The zero-order valence-corrected chi connectivity index (χ0v) is 22.6. The van der Waals surface area contributed by atoms with Gasteiger partial charge in [0.15, 0.2) is 5.78 Å². The lowest BCUT2D eigenvalue weighted by atomic mass is 9.99. The molecule has 11 nitrogen and oxygen atoms in total. The van der Waals surface area contributed by atoms with Crippen molar-refractivity contribution in [3.63, 3.8) is 0 Å². The molecule has 1 amide bonds. The van der Waals surface area contributed by atoms with Gasteiger partial charge in [-0.2, -0.15) is 0 Å². The smallest absolute Gasteiger partial charge is 0.432 e. The van der Waals surface area contributed by atoms with Crippen molar-refractivity contribution in [3.8, 4) is 5.75 Å². The van der Waals surface area contributed by atoms with Crippen LogP contribution < -0.4 is 26.8 Å². The monoisotopic (exact) mass is 556 g/mol.